The number of anilines is 2. The Labute approximate surface area is 200 Å². The lowest BCUT2D eigenvalue weighted by molar-refractivity contribution is 0.102. The molecule has 3 aromatic rings. The van der Waals surface area contributed by atoms with Crippen molar-refractivity contribution in [1.82, 2.24) is 15.0 Å². The average Bonchev–Trinajstić information content (AvgIpc) is 3.18. The number of hydrogen-bond donors (Lipinski definition) is 1. The summed E-state index contributed by atoms with van der Waals surface area (Å²) in [5.74, 6) is -0.267. The Kier molecular flexibility index (Phi) is 6.89. The van der Waals surface area contributed by atoms with E-state index in [0.717, 1.165) is 5.56 Å². The maximum atomic E-state index is 14.6. The fourth-order valence-corrected chi connectivity index (χ4v) is 4.17. The average molecular weight is 484 g/mol. The second kappa shape index (κ2) is 9.71. The molecule has 0 radical (unpaired) electrons. The van der Waals surface area contributed by atoms with Gasteiger partial charge in [-0.2, -0.15) is 0 Å². The first-order chi connectivity index (χ1) is 16.1. The highest BCUT2D eigenvalue weighted by atomic mass is 31.0. The van der Waals surface area contributed by atoms with E-state index in [2.05, 4.69) is 29.5 Å². The van der Waals surface area contributed by atoms with Crippen LogP contribution in [0.2, 0.25) is 0 Å². The van der Waals surface area contributed by atoms with Crippen LogP contribution in [0, 0.1) is 0 Å². The third-order valence-corrected chi connectivity index (χ3v) is 6.27. The van der Waals surface area contributed by atoms with Crippen molar-refractivity contribution >= 4 is 26.7 Å². The van der Waals surface area contributed by atoms with Crippen LogP contribution in [0.5, 0.6) is 0 Å². The van der Waals surface area contributed by atoms with Gasteiger partial charge in [-0.3, -0.25) is 4.79 Å². The molecule has 0 bridgehead atoms. The molecule has 1 N–H and O–H groups in total. The summed E-state index contributed by atoms with van der Waals surface area (Å²) in [7, 11) is 2.13. The minimum absolute atomic E-state index is 0.146. The van der Waals surface area contributed by atoms with Gasteiger partial charge in [-0.05, 0) is 24.1 Å². The Balaban J connectivity index is 1.73. The van der Waals surface area contributed by atoms with Gasteiger partial charge in [0.05, 0.1) is 17.8 Å². The van der Waals surface area contributed by atoms with Crippen LogP contribution in [-0.4, -0.2) is 39.6 Å². The molecule has 6 nitrogen and oxygen atoms in total. The van der Waals surface area contributed by atoms with E-state index in [1.54, 1.807) is 43.5 Å². The topological polar surface area (TPSA) is 71.0 Å². The lowest BCUT2D eigenvalue weighted by atomic mass is 10.0. The molecule has 1 amide bonds. The van der Waals surface area contributed by atoms with E-state index in [0.29, 0.717) is 47.0 Å². The first kappa shape index (κ1) is 24.1. The van der Waals surface area contributed by atoms with Gasteiger partial charge in [-0.25, -0.2) is 23.7 Å². The summed E-state index contributed by atoms with van der Waals surface area (Å²) in [5, 5.41) is 2.96. The Bertz CT molecular complexity index is 1170. The van der Waals surface area contributed by atoms with Gasteiger partial charge >= 0.3 is 0 Å². The van der Waals surface area contributed by atoms with Crippen molar-refractivity contribution in [2.75, 3.05) is 23.3 Å². The van der Waals surface area contributed by atoms with Crippen LogP contribution in [0.4, 0.5) is 20.3 Å². The van der Waals surface area contributed by atoms with Crippen molar-refractivity contribution in [2.24, 2.45) is 0 Å². The normalized spacial score (nSPS) is 18.9. The number of nitrogens with zero attached hydrogens (tertiary/aromatic N) is 4. The minimum atomic E-state index is -1.34. The van der Waals surface area contributed by atoms with Crippen LogP contribution in [0.25, 0.3) is 11.1 Å². The van der Waals surface area contributed by atoms with Crippen LogP contribution in [0.3, 0.4) is 0 Å². The van der Waals surface area contributed by atoms with Crippen molar-refractivity contribution in [3.63, 3.8) is 0 Å². The van der Waals surface area contributed by atoms with E-state index >= 15 is 0 Å². The van der Waals surface area contributed by atoms with Gasteiger partial charge in [-0.15, -0.1) is 0 Å². The smallest absolute Gasteiger partial charge is 0.258 e. The van der Waals surface area contributed by atoms with Gasteiger partial charge < -0.3 is 10.2 Å². The largest absolute Gasteiger partial charge is 0.352 e. The number of carbonyl (C=O) groups excluding carboxylic acids is 1. The summed E-state index contributed by atoms with van der Waals surface area (Å²) in [5.41, 5.74) is 1.45. The fourth-order valence-electron chi connectivity index (χ4n) is 3.94. The highest BCUT2D eigenvalue weighted by Crippen LogP contribution is 2.39. The Morgan fingerprint density at radius 2 is 1.82 bits per heavy atom. The summed E-state index contributed by atoms with van der Waals surface area (Å²) in [4.78, 5) is 28.0. The molecule has 1 saturated heterocycles. The third-order valence-electron chi connectivity index (χ3n) is 5.88. The first-order valence-corrected chi connectivity index (χ1v) is 11.9. The lowest BCUT2D eigenvalue weighted by Crippen LogP contribution is -2.28. The molecule has 3 unspecified atom stereocenters. The Morgan fingerprint density at radius 3 is 2.38 bits per heavy atom. The molecular formula is C25H28F2N5OP. The van der Waals surface area contributed by atoms with E-state index in [9.17, 15) is 13.6 Å². The number of hydrogen-bond acceptors (Lipinski definition) is 5. The molecule has 1 fully saturated rings. The van der Waals surface area contributed by atoms with Gasteiger partial charge in [0.25, 0.3) is 5.91 Å². The van der Waals surface area contributed by atoms with E-state index < -0.39 is 17.5 Å². The summed E-state index contributed by atoms with van der Waals surface area (Å²) in [6.45, 7) is 6.18. The summed E-state index contributed by atoms with van der Waals surface area (Å²) in [6, 6.07) is 8.78. The standard InChI is InChI=1S/C25H28F2N5OP/c1-15(2)22-29-12-18(13-30-22)24(33)31-20-19(16-4-6-17(7-5-16)21(26)34)8-10-28-23(20)32-11-9-25(3,27)14-32/h4-8,10,12-13,15,21H,9,11,14,34H2,1-3H3,(H,31,33). The van der Waals surface area contributed by atoms with Crippen molar-refractivity contribution in [3.05, 3.63) is 65.9 Å². The number of rotatable bonds is 6. The van der Waals surface area contributed by atoms with Crippen molar-refractivity contribution in [1.29, 1.82) is 0 Å². The van der Waals surface area contributed by atoms with Crippen LogP contribution < -0.4 is 10.2 Å². The molecular weight excluding hydrogens is 455 g/mol. The van der Waals surface area contributed by atoms with Crippen molar-refractivity contribution in [2.45, 2.75) is 44.7 Å². The molecule has 2 aromatic heterocycles. The minimum Gasteiger partial charge on any atom is -0.352 e. The zero-order valence-corrected chi connectivity index (χ0v) is 20.6. The quantitative estimate of drug-likeness (QED) is 0.456. The van der Waals surface area contributed by atoms with E-state index in [1.165, 1.54) is 12.4 Å². The Hall–Kier alpha value is -2.99. The monoisotopic (exact) mass is 483 g/mol. The van der Waals surface area contributed by atoms with Crippen LogP contribution in [0.15, 0.2) is 48.9 Å². The number of carbonyl (C=O) groups is 1. The van der Waals surface area contributed by atoms with E-state index in [-0.39, 0.29) is 12.5 Å². The molecule has 3 heterocycles. The number of halogens is 2. The molecule has 3 atom stereocenters. The third kappa shape index (κ3) is 5.22. The second-order valence-corrected chi connectivity index (χ2v) is 9.69. The molecule has 0 aliphatic carbocycles. The predicted molar refractivity (Wildman–Crippen MR) is 134 cm³/mol. The van der Waals surface area contributed by atoms with Gasteiger partial charge in [0.2, 0.25) is 0 Å². The fraction of sp³-hybridized carbons (Fsp3) is 0.360. The summed E-state index contributed by atoms with van der Waals surface area (Å²) < 4.78 is 28.3. The summed E-state index contributed by atoms with van der Waals surface area (Å²) >= 11 is 0. The number of aromatic nitrogens is 3. The number of benzene rings is 1. The number of amides is 1. The molecule has 9 heteroatoms. The van der Waals surface area contributed by atoms with Crippen LogP contribution >= 0.6 is 9.24 Å². The zero-order chi connectivity index (χ0) is 24.5. The first-order valence-electron chi connectivity index (χ1n) is 11.2. The molecule has 178 valence electrons. The maximum Gasteiger partial charge on any atom is 0.258 e. The zero-order valence-electron chi connectivity index (χ0n) is 19.4. The molecule has 0 spiro atoms. The SMILES string of the molecule is CC(C)c1ncc(C(=O)Nc2c(-c3ccc(C(F)P)cc3)ccnc2N2CCC(C)(F)C2)cn1. The van der Waals surface area contributed by atoms with E-state index in [1.807, 2.05) is 18.7 Å². The van der Waals surface area contributed by atoms with Crippen LogP contribution in [-0.2, 0) is 0 Å². The molecule has 4 rings (SSSR count). The molecule has 1 aromatic carbocycles. The van der Waals surface area contributed by atoms with Gasteiger partial charge in [0.15, 0.2) is 5.82 Å². The molecule has 1 aliphatic rings. The number of alkyl halides is 2. The van der Waals surface area contributed by atoms with Crippen molar-refractivity contribution < 1.29 is 13.6 Å². The molecule has 0 saturated carbocycles. The highest BCUT2D eigenvalue weighted by Gasteiger charge is 2.35. The Morgan fingerprint density at radius 1 is 1.15 bits per heavy atom. The second-order valence-electron chi connectivity index (χ2n) is 9.10. The highest BCUT2D eigenvalue weighted by molar-refractivity contribution is 7.16. The van der Waals surface area contributed by atoms with Gasteiger partial charge in [-0.1, -0.05) is 47.4 Å². The lowest BCUT2D eigenvalue weighted by Gasteiger charge is -2.23. The number of nitrogens with one attached hydrogen (secondary N) is 1. The molecule has 34 heavy (non-hydrogen) atoms. The van der Waals surface area contributed by atoms with Crippen molar-refractivity contribution in [3.8, 4) is 11.1 Å². The molecule has 1 aliphatic heterocycles. The summed E-state index contributed by atoms with van der Waals surface area (Å²) in [6.07, 6.45) is 5.00. The van der Waals surface area contributed by atoms with Gasteiger partial charge in [0.1, 0.15) is 17.4 Å². The maximum absolute atomic E-state index is 14.6. The van der Waals surface area contributed by atoms with Gasteiger partial charge in [0, 0.05) is 43.0 Å². The van der Waals surface area contributed by atoms with Crippen LogP contribution in [0.1, 0.15) is 60.8 Å². The number of pyridine rings is 1. The van der Waals surface area contributed by atoms with E-state index in [4.69, 9.17) is 0 Å². The predicted octanol–water partition coefficient (Wildman–Crippen LogP) is 5.70.